The summed E-state index contributed by atoms with van der Waals surface area (Å²) in [6.45, 7) is 3.35. The largest absolute Gasteiger partial charge is 0.480 e. The Morgan fingerprint density at radius 1 is 0.865 bits per heavy atom. The predicted octanol–water partition coefficient (Wildman–Crippen LogP) is 3.69. The molecule has 0 saturated heterocycles. The number of nitrogens with zero attached hydrogens (tertiary/aromatic N) is 1. The highest BCUT2D eigenvalue weighted by atomic mass is 16.6. The van der Waals surface area contributed by atoms with Gasteiger partial charge in [-0.1, -0.05) is 74.5 Å². The Bertz CT molecular complexity index is 960. The van der Waals surface area contributed by atoms with Crippen LogP contribution in [0.5, 0.6) is 0 Å². The van der Waals surface area contributed by atoms with Gasteiger partial charge in [0, 0.05) is 0 Å². The molecule has 4 N–H and O–H groups in total. The van der Waals surface area contributed by atoms with Crippen molar-refractivity contribution in [1.82, 2.24) is 10.2 Å². The third-order valence-electron chi connectivity index (χ3n) is 5.58. The van der Waals surface area contributed by atoms with Gasteiger partial charge in [0.05, 0.1) is 0 Å². The Morgan fingerprint density at radius 3 is 1.76 bits per heavy atom. The Kier molecular flexibility index (Phi) is 12.1. The number of imide groups is 1. The lowest BCUT2D eigenvalue weighted by Crippen LogP contribution is -2.56. The van der Waals surface area contributed by atoms with E-state index < -0.39 is 42.1 Å². The summed E-state index contributed by atoms with van der Waals surface area (Å²) in [4.78, 5) is 52.0. The SMILES string of the molecule is CC(C)[C@@H](NC(=O)[C@@H](CCCCN)N(C(=O)OCc1ccccc1)C(=O)OCc1ccccc1)C(=O)O. The van der Waals surface area contributed by atoms with Crippen molar-refractivity contribution in [3.8, 4) is 0 Å². The maximum Gasteiger partial charge on any atom is 0.420 e. The molecule has 0 unspecified atom stereocenters. The van der Waals surface area contributed by atoms with Gasteiger partial charge in [-0.2, -0.15) is 4.90 Å². The van der Waals surface area contributed by atoms with Crippen LogP contribution in [0, 0.1) is 5.92 Å². The summed E-state index contributed by atoms with van der Waals surface area (Å²) < 4.78 is 10.7. The van der Waals surface area contributed by atoms with E-state index in [-0.39, 0.29) is 19.6 Å². The summed E-state index contributed by atoms with van der Waals surface area (Å²) in [6.07, 6.45) is -1.17. The summed E-state index contributed by atoms with van der Waals surface area (Å²) in [7, 11) is 0. The van der Waals surface area contributed by atoms with E-state index in [0.717, 1.165) is 0 Å². The van der Waals surface area contributed by atoms with Crippen molar-refractivity contribution in [2.75, 3.05) is 6.54 Å². The van der Waals surface area contributed by atoms with E-state index in [2.05, 4.69) is 5.32 Å². The minimum Gasteiger partial charge on any atom is -0.480 e. The van der Waals surface area contributed by atoms with Crippen LogP contribution in [0.25, 0.3) is 0 Å². The first-order valence-corrected chi connectivity index (χ1v) is 12.2. The highest BCUT2D eigenvalue weighted by Crippen LogP contribution is 2.17. The zero-order chi connectivity index (χ0) is 27.2. The number of amides is 3. The average Bonchev–Trinajstić information content (AvgIpc) is 2.89. The molecular formula is C27H35N3O7. The molecule has 0 aliphatic heterocycles. The van der Waals surface area contributed by atoms with E-state index in [0.29, 0.717) is 35.4 Å². The number of rotatable bonds is 13. The number of carboxylic acids is 1. The summed E-state index contributed by atoms with van der Waals surface area (Å²) in [5.41, 5.74) is 6.96. The number of unbranched alkanes of at least 4 members (excludes halogenated alkanes) is 1. The van der Waals surface area contributed by atoms with Crippen molar-refractivity contribution in [1.29, 1.82) is 0 Å². The van der Waals surface area contributed by atoms with Gasteiger partial charge in [0.15, 0.2) is 0 Å². The molecule has 0 saturated carbocycles. The first-order chi connectivity index (χ1) is 17.7. The first-order valence-electron chi connectivity index (χ1n) is 12.2. The zero-order valence-corrected chi connectivity index (χ0v) is 21.2. The molecule has 2 aromatic carbocycles. The third kappa shape index (κ3) is 9.57. The standard InChI is InChI=1S/C27H35N3O7/c1-19(2)23(25(32)33)29-24(31)22(15-9-10-16-28)30(26(34)36-17-20-11-5-3-6-12-20)27(35)37-18-21-13-7-4-8-14-21/h3-8,11-14,19,22-23H,9-10,15-18,28H2,1-2H3,(H,29,31)(H,32,33)/t22-,23-/m1/s1. The maximum atomic E-state index is 13.3. The number of hydrogen-bond donors (Lipinski definition) is 3. The van der Waals surface area contributed by atoms with Crippen LogP contribution in [0.2, 0.25) is 0 Å². The van der Waals surface area contributed by atoms with Gasteiger partial charge in [0.25, 0.3) is 0 Å². The summed E-state index contributed by atoms with van der Waals surface area (Å²) in [5, 5.41) is 12.0. The van der Waals surface area contributed by atoms with Crippen LogP contribution < -0.4 is 11.1 Å². The van der Waals surface area contributed by atoms with Gasteiger partial charge in [-0.05, 0) is 42.9 Å². The molecule has 2 atom stereocenters. The Morgan fingerprint density at radius 2 is 1.35 bits per heavy atom. The number of carbonyl (C=O) groups excluding carboxylic acids is 3. The number of nitrogens with one attached hydrogen (secondary N) is 1. The molecular weight excluding hydrogens is 478 g/mol. The normalized spacial score (nSPS) is 12.3. The molecule has 200 valence electrons. The second-order valence-corrected chi connectivity index (χ2v) is 8.82. The third-order valence-corrected chi connectivity index (χ3v) is 5.58. The lowest BCUT2D eigenvalue weighted by molar-refractivity contribution is -0.143. The predicted molar refractivity (Wildman–Crippen MR) is 136 cm³/mol. The average molecular weight is 514 g/mol. The second-order valence-electron chi connectivity index (χ2n) is 8.82. The topological polar surface area (TPSA) is 148 Å². The van der Waals surface area contributed by atoms with Gasteiger partial charge in [-0.3, -0.25) is 4.79 Å². The summed E-state index contributed by atoms with van der Waals surface area (Å²) in [6, 6.07) is 15.1. The van der Waals surface area contributed by atoms with Crippen LogP contribution in [0.3, 0.4) is 0 Å². The van der Waals surface area contributed by atoms with Crippen molar-refractivity contribution in [3.63, 3.8) is 0 Å². The Labute approximate surface area is 216 Å². The van der Waals surface area contributed by atoms with E-state index in [4.69, 9.17) is 15.2 Å². The van der Waals surface area contributed by atoms with Crippen LogP contribution in [0.4, 0.5) is 9.59 Å². The molecule has 2 rings (SSSR count). The fourth-order valence-corrected chi connectivity index (χ4v) is 3.53. The monoisotopic (exact) mass is 513 g/mol. The molecule has 10 heteroatoms. The Balaban J connectivity index is 2.31. The van der Waals surface area contributed by atoms with Gasteiger partial charge in [-0.15, -0.1) is 0 Å². The fourth-order valence-electron chi connectivity index (χ4n) is 3.53. The zero-order valence-electron chi connectivity index (χ0n) is 21.2. The van der Waals surface area contributed by atoms with Crippen molar-refractivity contribution in [2.24, 2.45) is 11.7 Å². The van der Waals surface area contributed by atoms with Gasteiger partial charge >= 0.3 is 18.2 Å². The van der Waals surface area contributed by atoms with E-state index in [1.54, 1.807) is 62.4 Å². The fraction of sp³-hybridized carbons (Fsp3) is 0.407. The molecule has 0 fully saturated rings. The van der Waals surface area contributed by atoms with Gasteiger partial charge in [-0.25, -0.2) is 14.4 Å². The second kappa shape index (κ2) is 15.2. The molecule has 0 aliphatic rings. The minimum absolute atomic E-state index is 0.0499. The van der Waals surface area contributed by atoms with Crippen molar-refractivity contribution in [3.05, 3.63) is 71.8 Å². The number of nitrogens with two attached hydrogens (primary N) is 1. The first kappa shape index (κ1) is 29.3. The van der Waals surface area contributed by atoms with Crippen LogP contribution in [-0.4, -0.2) is 52.7 Å². The lowest BCUT2D eigenvalue weighted by atomic mass is 10.0. The van der Waals surface area contributed by atoms with Crippen LogP contribution >= 0.6 is 0 Å². The highest BCUT2D eigenvalue weighted by Gasteiger charge is 2.39. The van der Waals surface area contributed by atoms with E-state index >= 15 is 0 Å². The molecule has 0 heterocycles. The van der Waals surface area contributed by atoms with Crippen LogP contribution in [-0.2, 0) is 32.3 Å². The molecule has 3 amide bonds. The van der Waals surface area contributed by atoms with Crippen molar-refractivity contribution >= 4 is 24.1 Å². The summed E-state index contributed by atoms with van der Waals surface area (Å²) >= 11 is 0. The van der Waals surface area contributed by atoms with Gasteiger partial charge in [0.1, 0.15) is 25.3 Å². The number of hydrogen-bond acceptors (Lipinski definition) is 7. The maximum absolute atomic E-state index is 13.3. The molecule has 0 aromatic heterocycles. The van der Waals surface area contributed by atoms with Crippen molar-refractivity contribution in [2.45, 2.75) is 58.4 Å². The molecule has 0 bridgehead atoms. The number of carbonyl (C=O) groups is 4. The van der Waals surface area contributed by atoms with E-state index in [1.165, 1.54) is 0 Å². The number of benzene rings is 2. The molecule has 0 radical (unpaired) electrons. The number of carboxylic acid groups (broad SMARTS) is 1. The van der Waals surface area contributed by atoms with Crippen LogP contribution in [0.1, 0.15) is 44.2 Å². The van der Waals surface area contributed by atoms with E-state index in [9.17, 15) is 24.3 Å². The molecule has 0 spiro atoms. The molecule has 10 nitrogen and oxygen atoms in total. The van der Waals surface area contributed by atoms with Crippen molar-refractivity contribution < 1.29 is 33.8 Å². The lowest BCUT2D eigenvalue weighted by Gasteiger charge is -2.29. The molecule has 2 aromatic rings. The molecule has 0 aliphatic carbocycles. The quantitative estimate of drug-likeness (QED) is 0.344. The highest BCUT2D eigenvalue weighted by molar-refractivity contribution is 5.96. The number of aliphatic carboxylic acids is 1. The number of ether oxygens (including phenoxy) is 2. The van der Waals surface area contributed by atoms with Crippen LogP contribution in [0.15, 0.2) is 60.7 Å². The van der Waals surface area contributed by atoms with E-state index in [1.807, 2.05) is 12.1 Å². The van der Waals surface area contributed by atoms with Gasteiger partial charge < -0.3 is 25.6 Å². The molecule has 37 heavy (non-hydrogen) atoms. The minimum atomic E-state index is -1.36. The van der Waals surface area contributed by atoms with Gasteiger partial charge in [0.2, 0.25) is 5.91 Å². The summed E-state index contributed by atoms with van der Waals surface area (Å²) in [5.74, 6) is -2.46. The smallest absolute Gasteiger partial charge is 0.420 e. The Hall–Kier alpha value is -3.92.